The van der Waals surface area contributed by atoms with E-state index in [1.807, 2.05) is 18.2 Å². The van der Waals surface area contributed by atoms with Crippen LogP contribution in [-0.2, 0) is 24.4 Å². The SMILES string of the molecule is O=C(NCCN1CCOCC1)c1nc2c(o1)CN(Cc1ccccc1)C2. The minimum atomic E-state index is -0.234. The lowest BCUT2D eigenvalue weighted by Gasteiger charge is -2.26. The third kappa shape index (κ3) is 4.12. The van der Waals surface area contributed by atoms with Crippen LogP contribution in [0.5, 0.6) is 0 Å². The maximum Gasteiger partial charge on any atom is 0.307 e. The van der Waals surface area contributed by atoms with Crippen molar-refractivity contribution >= 4 is 5.91 Å². The van der Waals surface area contributed by atoms with Crippen molar-refractivity contribution < 1.29 is 13.9 Å². The van der Waals surface area contributed by atoms with E-state index in [-0.39, 0.29) is 11.8 Å². The molecule has 2 aliphatic rings. The molecule has 1 aromatic carbocycles. The highest BCUT2D eigenvalue weighted by molar-refractivity contribution is 5.89. The number of amides is 1. The molecule has 7 heteroatoms. The molecule has 0 radical (unpaired) electrons. The van der Waals surface area contributed by atoms with E-state index in [0.29, 0.717) is 13.1 Å². The molecule has 0 spiro atoms. The average molecular weight is 356 g/mol. The van der Waals surface area contributed by atoms with E-state index in [9.17, 15) is 4.79 Å². The van der Waals surface area contributed by atoms with E-state index < -0.39 is 0 Å². The second-order valence-electron chi connectivity index (χ2n) is 6.73. The van der Waals surface area contributed by atoms with Crippen molar-refractivity contribution in [2.75, 3.05) is 39.4 Å². The van der Waals surface area contributed by atoms with Gasteiger partial charge in [-0.05, 0) is 5.56 Å². The Morgan fingerprint density at radius 3 is 2.69 bits per heavy atom. The topological polar surface area (TPSA) is 70.8 Å². The highest BCUT2D eigenvalue weighted by Gasteiger charge is 2.27. The number of nitrogens with one attached hydrogen (secondary N) is 1. The first-order valence-electron chi connectivity index (χ1n) is 9.11. The lowest BCUT2D eigenvalue weighted by atomic mass is 10.2. The van der Waals surface area contributed by atoms with Gasteiger partial charge < -0.3 is 14.5 Å². The van der Waals surface area contributed by atoms with E-state index in [1.165, 1.54) is 5.56 Å². The number of carbonyl (C=O) groups is 1. The molecule has 138 valence electrons. The number of fused-ring (bicyclic) bond motifs is 1. The fraction of sp³-hybridized carbons (Fsp3) is 0.474. The molecule has 0 aliphatic carbocycles. The Kier molecular flexibility index (Phi) is 5.29. The van der Waals surface area contributed by atoms with Gasteiger partial charge in [-0.25, -0.2) is 4.98 Å². The van der Waals surface area contributed by atoms with Gasteiger partial charge >= 0.3 is 5.91 Å². The van der Waals surface area contributed by atoms with Crippen LogP contribution >= 0.6 is 0 Å². The maximum atomic E-state index is 12.2. The van der Waals surface area contributed by atoms with Crippen molar-refractivity contribution in [3.8, 4) is 0 Å². The van der Waals surface area contributed by atoms with Crippen molar-refractivity contribution in [3.63, 3.8) is 0 Å². The highest BCUT2D eigenvalue weighted by Crippen LogP contribution is 2.24. The normalized spacial score (nSPS) is 18.0. The third-order valence-electron chi connectivity index (χ3n) is 4.78. The molecule has 7 nitrogen and oxygen atoms in total. The Morgan fingerprint density at radius 1 is 1.12 bits per heavy atom. The first-order chi connectivity index (χ1) is 12.8. The number of carbonyl (C=O) groups excluding carboxylic acids is 1. The number of morpholine rings is 1. The summed E-state index contributed by atoms with van der Waals surface area (Å²) in [5.74, 6) is 0.748. The van der Waals surface area contributed by atoms with Gasteiger partial charge in [0.05, 0.1) is 25.5 Å². The first kappa shape index (κ1) is 17.2. The number of rotatable bonds is 6. The summed E-state index contributed by atoms with van der Waals surface area (Å²) in [7, 11) is 0. The molecule has 1 N–H and O–H groups in total. The smallest absolute Gasteiger partial charge is 0.307 e. The monoisotopic (exact) mass is 356 g/mol. The van der Waals surface area contributed by atoms with Gasteiger partial charge in [0.2, 0.25) is 0 Å². The Bertz CT molecular complexity index is 717. The van der Waals surface area contributed by atoms with Crippen molar-refractivity contribution in [2.24, 2.45) is 0 Å². The Morgan fingerprint density at radius 2 is 1.92 bits per heavy atom. The largest absolute Gasteiger partial charge is 0.436 e. The van der Waals surface area contributed by atoms with Gasteiger partial charge in [0.15, 0.2) is 0 Å². The molecule has 26 heavy (non-hydrogen) atoms. The molecule has 1 aromatic heterocycles. The Hall–Kier alpha value is -2.22. The fourth-order valence-corrected chi connectivity index (χ4v) is 3.38. The summed E-state index contributed by atoms with van der Waals surface area (Å²) in [6.45, 7) is 7.04. The van der Waals surface area contributed by atoms with Crippen LogP contribution in [0, 0.1) is 0 Å². The molecule has 0 bridgehead atoms. The van der Waals surface area contributed by atoms with E-state index in [1.54, 1.807) is 0 Å². The number of benzene rings is 1. The number of oxazole rings is 1. The van der Waals surface area contributed by atoms with E-state index in [2.05, 4.69) is 32.2 Å². The van der Waals surface area contributed by atoms with Crippen molar-refractivity contribution in [1.29, 1.82) is 0 Å². The molecule has 0 unspecified atom stereocenters. The van der Waals surface area contributed by atoms with Crippen molar-refractivity contribution in [3.05, 3.63) is 53.2 Å². The van der Waals surface area contributed by atoms with Gasteiger partial charge in [0.25, 0.3) is 5.89 Å². The molecular weight excluding hydrogens is 332 g/mol. The van der Waals surface area contributed by atoms with Crippen LogP contribution in [-0.4, -0.2) is 60.1 Å². The van der Waals surface area contributed by atoms with Gasteiger partial charge in [-0.1, -0.05) is 30.3 Å². The van der Waals surface area contributed by atoms with Crippen LogP contribution in [0.2, 0.25) is 0 Å². The molecule has 0 atom stereocenters. The van der Waals surface area contributed by atoms with Gasteiger partial charge in [0.1, 0.15) is 5.76 Å². The Balaban J connectivity index is 1.25. The van der Waals surface area contributed by atoms with Crippen LogP contribution in [0.15, 0.2) is 34.7 Å². The molecule has 1 fully saturated rings. The van der Waals surface area contributed by atoms with E-state index >= 15 is 0 Å². The predicted octanol–water partition coefficient (Wildman–Crippen LogP) is 1.25. The van der Waals surface area contributed by atoms with Crippen molar-refractivity contribution in [2.45, 2.75) is 19.6 Å². The van der Waals surface area contributed by atoms with Gasteiger partial charge in [-0.3, -0.25) is 14.6 Å². The lowest BCUT2D eigenvalue weighted by molar-refractivity contribution is 0.0382. The van der Waals surface area contributed by atoms with E-state index in [4.69, 9.17) is 9.15 Å². The zero-order valence-corrected chi connectivity index (χ0v) is 14.8. The first-order valence-corrected chi connectivity index (χ1v) is 9.11. The summed E-state index contributed by atoms with van der Waals surface area (Å²) in [6.07, 6.45) is 0. The summed E-state index contributed by atoms with van der Waals surface area (Å²) in [5.41, 5.74) is 2.14. The number of nitrogens with zero attached hydrogens (tertiary/aromatic N) is 3. The van der Waals surface area contributed by atoms with E-state index in [0.717, 1.165) is 57.4 Å². The molecule has 1 amide bonds. The summed E-state index contributed by atoms with van der Waals surface area (Å²) in [6, 6.07) is 10.3. The molecule has 4 rings (SSSR count). The van der Waals surface area contributed by atoms with Crippen LogP contribution in [0.4, 0.5) is 0 Å². The second-order valence-corrected chi connectivity index (χ2v) is 6.73. The molecule has 2 aliphatic heterocycles. The number of aromatic nitrogens is 1. The summed E-state index contributed by atoms with van der Waals surface area (Å²) < 4.78 is 11.0. The summed E-state index contributed by atoms with van der Waals surface area (Å²) >= 11 is 0. The number of ether oxygens (including phenoxy) is 1. The third-order valence-corrected chi connectivity index (χ3v) is 4.78. The molecule has 1 saturated heterocycles. The standard InChI is InChI=1S/C19H24N4O3/c24-18(20-6-7-22-8-10-25-11-9-22)19-21-16-13-23(14-17(16)26-19)12-15-4-2-1-3-5-15/h1-5H,6-14H2,(H,20,24). The zero-order chi connectivity index (χ0) is 17.8. The lowest BCUT2D eigenvalue weighted by Crippen LogP contribution is -2.41. The molecule has 2 aromatic rings. The minimum Gasteiger partial charge on any atom is -0.436 e. The Labute approximate surface area is 152 Å². The summed E-state index contributed by atoms with van der Waals surface area (Å²) in [4.78, 5) is 21.2. The minimum absolute atomic E-state index is 0.177. The molecular formula is C19H24N4O3. The second kappa shape index (κ2) is 7.99. The summed E-state index contributed by atoms with van der Waals surface area (Å²) in [5, 5.41) is 2.89. The van der Waals surface area contributed by atoms with Crippen LogP contribution < -0.4 is 5.32 Å². The fourth-order valence-electron chi connectivity index (χ4n) is 3.38. The van der Waals surface area contributed by atoms with Crippen LogP contribution in [0.3, 0.4) is 0 Å². The van der Waals surface area contributed by atoms with Gasteiger partial charge in [-0.15, -0.1) is 0 Å². The quantitative estimate of drug-likeness (QED) is 0.840. The number of hydrogen-bond acceptors (Lipinski definition) is 6. The number of hydrogen-bond donors (Lipinski definition) is 1. The molecule has 0 saturated carbocycles. The highest BCUT2D eigenvalue weighted by atomic mass is 16.5. The van der Waals surface area contributed by atoms with Gasteiger partial charge in [0, 0.05) is 39.3 Å². The van der Waals surface area contributed by atoms with Gasteiger partial charge in [-0.2, -0.15) is 0 Å². The van der Waals surface area contributed by atoms with Crippen molar-refractivity contribution in [1.82, 2.24) is 20.1 Å². The molecule has 3 heterocycles. The van der Waals surface area contributed by atoms with Crippen LogP contribution in [0.25, 0.3) is 0 Å². The predicted molar refractivity (Wildman–Crippen MR) is 95.5 cm³/mol. The zero-order valence-electron chi connectivity index (χ0n) is 14.8. The van der Waals surface area contributed by atoms with Crippen LogP contribution in [0.1, 0.15) is 27.7 Å². The average Bonchev–Trinajstić information content (AvgIpc) is 3.22. The maximum absolute atomic E-state index is 12.2.